The highest BCUT2D eigenvalue weighted by molar-refractivity contribution is 6.01. The fourth-order valence-electron chi connectivity index (χ4n) is 2.21. The summed E-state index contributed by atoms with van der Waals surface area (Å²) in [5.41, 5.74) is 1.08. The molecule has 0 bridgehead atoms. The van der Waals surface area contributed by atoms with Crippen LogP contribution in [-0.2, 0) is 20.7 Å². The fraction of sp³-hybridized carbons (Fsp3) is 0.438. The van der Waals surface area contributed by atoms with Crippen LogP contribution in [0.25, 0.3) is 0 Å². The summed E-state index contributed by atoms with van der Waals surface area (Å²) in [6.07, 6.45) is -0.325. The molecule has 0 unspecified atom stereocenters. The number of esters is 1. The van der Waals surface area contributed by atoms with Crippen molar-refractivity contribution in [3.63, 3.8) is 0 Å². The molecule has 1 aliphatic rings. The van der Waals surface area contributed by atoms with Crippen LogP contribution in [0.1, 0.15) is 36.7 Å². The minimum atomic E-state index is -0.721. The summed E-state index contributed by atoms with van der Waals surface area (Å²) >= 11 is 0. The zero-order valence-electron chi connectivity index (χ0n) is 13.6. The number of carbonyl (C=O) groups is 3. The van der Waals surface area contributed by atoms with Gasteiger partial charge in [0.15, 0.2) is 0 Å². The molecule has 0 saturated heterocycles. The van der Waals surface area contributed by atoms with E-state index in [1.165, 1.54) is 7.11 Å². The van der Waals surface area contributed by atoms with Crippen molar-refractivity contribution in [1.82, 2.24) is 5.32 Å². The van der Waals surface area contributed by atoms with Crippen LogP contribution in [0.5, 0.6) is 0 Å². The molecule has 23 heavy (non-hydrogen) atoms. The predicted octanol–water partition coefficient (Wildman–Crippen LogP) is 1.86. The molecule has 1 aromatic carbocycles. The Labute approximate surface area is 134 Å². The van der Waals surface area contributed by atoms with E-state index >= 15 is 0 Å². The van der Waals surface area contributed by atoms with Crippen LogP contribution in [0.4, 0.5) is 10.5 Å². The first-order valence-electron chi connectivity index (χ1n) is 7.21. The lowest BCUT2D eigenvalue weighted by Gasteiger charge is -2.27. The molecule has 2 N–H and O–H groups in total. The first-order valence-corrected chi connectivity index (χ1v) is 7.21. The Morgan fingerprint density at radius 3 is 2.61 bits per heavy atom. The monoisotopic (exact) mass is 320 g/mol. The van der Waals surface area contributed by atoms with Gasteiger partial charge in [-0.15, -0.1) is 0 Å². The molecule has 124 valence electrons. The van der Waals surface area contributed by atoms with Crippen molar-refractivity contribution in [1.29, 1.82) is 0 Å². The number of ether oxygens (including phenoxy) is 2. The number of hydrogen-bond donors (Lipinski definition) is 2. The van der Waals surface area contributed by atoms with Gasteiger partial charge in [0.25, 0.3) is 0 Å². The topological polar surface area (TPSA) is 93.7 Å². The highest BCUT2D eigenvalue weighted by Gasteiger charge is 2.29. The molecule has 0 aliphatic carbocycles. The van der Waals surface area contributed by atoms with Crippen LogP contribution in [0.2, 0.25) is 0 Å². The molecular weight excluding hydrogens is 300 g/mol. The van der Waals surface area contributed by atoms with E-state index in [4.69, 9.17) is 4.74 Å². The summed E-state index contributed by atoms with van der Waals surface area (Å²) < 4.78 is 9.80. The van der Waals surface area contributed by atoms with Gasteiger partial charge in [0, 0.05) is 12.1 Å². The quantitative estimate of drug-likeness (QED) is 0.811. The third kappa shape index (κ3) is 4.21. The third-order valence-corrected chi connectivity index (χ3v) is 3.22. The molecule has 7 heteroatoms. The van der Waals surface area contributed by atoms with E-state index in [0.717, 1.165) is 5.56 Å². The number of hydrogen-bond acceptors (Lipinski definition) is 5. The Balaban J connectivity index is 2.11. The van der Waals surface area contributed by atoms with Crippen molar-refractivity contribution >= 4 is 23.7 Å². The van der Waals surface area contributed by atoms with Gasteiger partial charge in [0.05, 0.1) is 12.7 Å². The molecule has 2 rings (SSSR count). The van der Waals surface area contributed by atoms with Gasteiger partial charge in [0.2, 0.25) is 5.91 Å². The van der Waals surface area contributed by atoms with Crippen LogP contribution >= 0.6 is 0 Å². The zero-order chi connectivity index (χ0) is 17.2. The van der Waals surface area contributed by atoms with Gasteiger partial charge < -0.3 is 20.1 Å². The predicted molar refractivity (Wildman–Crippen MR) is 83.3 cm³/mol. The molecule has 0 radical (unpaired) electrons. The lowest BCUT2D eigenvalue weighted by Crippen LogP contribution is -2.49. The molecule has 0 fully saturated rings. The number of rotatable bonds is 2. The highest BCUT2D eigenvalue weighted by atomic mass is 16.6. The third-order valence-electron chi connectivity index (χ3n) is 3.22. The van der Waals surface area contributed by atoms with Crippen LogP contribution in [0.15, 0.2) is 18.2 Å². The summed E-state index contributed by atoms with van der Waals surface area (Å²) in [6, 6.07) is 4.18. The number of methoxy groups -OCH3 is 1. The van der Waals surface area contributed by atoms with Crippen molar-refractivity contribution in [2.45, 2.75) is 38.8 Å². The minimum Gasteiger partial charge on any atom is -0.465 e. The van der Waals surface area contributed by atoms with Crippen molar-refractivity contribution in [2.24, 2.45) is 0 Å². The van der Waals surface area contributed by atoms with E-state index < -0.39 is 23.7 Å². The van der Waals surface area contributed by atoms with Crippen LogP contribution in [0.3, 0.4) is 0 Å². The molecule has 0 saturated carbocycles. The zero-order valence-corrected chi connectivity index (χ0v) is 13.6. The Morgan fingerprint density at radius 2 is 2.00 bits per heavy atom. The van der Waals surface area contributed by atoms with E-state index in [1.807, 2.05) is 0 Å². The maximum absolute atomic E-state index is 12.1. The Bertz CT molecular complexity index is 648. The molecule has 1 aliphatic heterocycles. The summed E-state index contributed by atoms with van der Waals surface area (Å²) in [5.74, 6) is -0.832. The van der Waals surface area contributed by atoms with Crippen molar-refractivity contribution in [3.8, 4) is 0 Å². The number of fused-ring (bicyclic) bond motifs is 1. The van der Waals surface area contributed by atoms with Gasteiger partial charge in [-0.2, -0.15) is 0 Å². The Hall–Kier alpha value is -2.57. The minimum absolute atomic E-state index is 0.321. The van der Waals surface area contributed by atoms with Gasteiger partial charge >= 0.3 is 12.1 Å². The SMILES string of the molecule is COC(=O)c1ccc2c(c1)NC(=O)[C@H](NC(=O)OC(C)(C)C)C2. The Morgan fingerprint density at radius 1 is 1.30 bits per heavy atom. The summed E-state index contributed by atoms with van der Waals surface area (Å²) in [7, 11) is 1.29. The van der Waals surface area contributed by atoms with E-state index in [0.29, 0.717) is 17.7 Å². The molecule has 1 atom stereocenters. The van der Waals surface area contributed by atoms with Crippen molar-refractivity contribution in [3.05, 3.63) is 29.3 Å². The number of nitrogens with one attached hydrogen (secondary N) is 2. The lowest BCUT2D eigenvalue weighted by atomic mass is 9.97. The van der Waals surface area contributed by atoms with E-state index in [1.54, 1.807) is 39.0 Å². The van der Waals surface area contributed by atoms with Crippen LogP contribution in [-0.4, -0.2) is 36.7 Å². The number of amides is 2. The molecular formula is C16H20N2O5. The number of carbonyl (C=O) groups excluding carboxylic acids is 3. The maximum atomic E-state index is 12.1. The summed E-state index contributed by atoms with van der Waals surface area (Å²) in [4.78, 5) is 35.4. The largest absolute Gasteiger partial charge is 0.465 e. The van der Waals surface area contributed by atoms with Gasteiger partial charge in [-0.05, 0) is 38.5 Å². The molecule has 1 heterocycles. The molecule has 7 nitrogen and oxygen atoms in total. The Kier molecular flexibility index (Phi) is 4.58. The van der Waals surface area contributed by atoms with Gasteiger partial charge in [-0.25, -0.2) is 9.59 Å². The second-order valence-corrected chi connectivity index (χ2v) is 6.26. The number of benzene rings is 1. The maximum Gasteiger partial charge on any atom is 0.408 e. The van der Waals surface area contributed by atoms with Crippen molar-refractivity contribution < 1.29 is 23.9 Å². The van der Waals surface area contributed by atoms with E-state index in [2.05, 4.69) is 15.4 Å². The molecule has 0 spiro atoms. The first kappa shape index (κ1) is 16.8. The fourth-order valence-corrected chi connectivity index (χ4v) is 2.21. The van der Waals surface area contributed by atoms with Gasteiger partial charge in [0.1, 0.15) is 11.6 Å². The summed E-state index contributed by atoms with van der Waals surface area (Å²) in [6.45, 7) is 5.24. The lowest BCUT2D eigenvalue weighted by molar-refractivity contribution is -0.118. The summed E-state index contributed by atoms with van der Waals surface area (Å²) in [5, 5.41) is 5.23. The van der Waals surface area contributed by atoms with Crippen LogP contribution in [0, 0.1) is 0 Å². The van der Waals surface area contributed by atoms with Crippen LogP contribution < -0.4 is 10.6 Å². The van der Waals surface area contributed by atoms with E-state index in [9.17, 15) is 14.4 Å². The molecule has 2 amide bonds. The van der Waals surface area contributed by atoms with Gasteiger partial charge in [-0.1, -0.05) is 6.07 Å². The second kappa shape index (κ2) is 6.28. The van der Waals surface area contributed by atoms with E-state index in [-0.39, 0.29) is 5.91 Å². The standard InChI is InChI=1S/C16H20N2O5/c1-16(2,3)23-15(21)18-12-7-9-5-6-10(14(20)22-4)8-11(9)17-13(12)19/h5-6,8,12H,7H2,1-4H3,(H,17,19)(H,18,21)/t12-/m1/s1. The van der Waals surface area contributed by atoms with Gasteiger partial charge in [-0.3, -0.25) is 4.79 Å². The average molecular weight is 320 g/mol. The molecule has 1 aromatic rings. The average Bonchev–Trinajstić information content (AvgIpc) is 2.44. The highest BCUT2D eigenvalue weighted by Crippen LogP contribution is 2.24. The van der Waals surface area contributed by atoms with Crippen molar-refractivity contribution in [2.75, 3.05) is 12.4 Å². The smallest absolute Gasteiger partial charge is 0.408 e. The first-order chi connectivity index (χ1) is 10.7. The number of alkyl carbamates (subject to hydrolysis) is 1. The normalized spacial score (nSPS) is 16.9. The number of anilines is 1. The second-order valence-electron chi connectivity index (χ2n) is 6.26. The molecule has 0 aromatic heterocycles.